The minimum absolute atomic E-state index is 0.0564. The lowest BCUT2D eigenvalue weighted by Crippen LogP contribution is -2.25. The van der Waals surface area contributed by atoms with E-state index >= 15 is 0 Å². The number of hydrogen-bond acceptors (Lipinski definition) is 5. The lowest BCUT2D eigenvalue weighted by Gasteiger charge is -2.16. The molecule has 0 spiro atoms. The van der Waals surface area contributed by atoms with Gasteiger partial charge in [0.2, 0.25) is 5.91 Å². The highest BCUT2D eigenvalue weighted by Gasteiger charge is 2.34. The van der Waals surface area contributed by atoms with Gasteiger partial charge in [0.1, 0.15) is 5.69 Å². The van der Waals surface area contributed by atoms with Crippen molar-refractivity contribution in [1.82, 2.24) is 0 Å². The van der Waals surface area contributed by atoms with Gasteiger partial charge in [-0.25, -0.2) is 4.79 Å². The highest BCUT2D eigenvalue weighted by atomic mass is 16.6. The van der Waals surface area contributed by atoms with Crippen molar-refractivity contribution in [2.75, 3.05) is 18.1 Å². The summed E-state index contributed by atoms with van der Waals surface area (Å²) in [5, 5.41) is 28.9. The van der Waals surface area contributed by atoms with Crippen LogP contribution in [-0.2, 0) is 4.79 Å². The lowest BCUT2D eigenvalue weighted by molar-refractivity contribution is -0.384. The number of hydrogen-bond donors (Lipinski definition) is 2. The molecule has 0 bridgehead atoms. The Labute approximate surface area is 113 Å². The van der Waals surface area contributed by atoms with Crippen molar-refractivity contribution >= 4 is 23.3 Å². The second-order valence-electron chi connectivity index (χ2n) is 4.52. The molecule has 1 heterocycles. The number of carbonyl (C=O) groups excluding carboxylic acids is 1. The van der Waals surface area contributed by atoms with Gasteiger partial charge in [-0.15, -0.1) is 0 Å². The first kappa shape index (κ1) is 13.9. The maximum Gasteiger partial charge on any atom is 0.335 e. The predicted molar refractivity (Wildman–Crippen MR) is 67.6 cm³/mol. The smallest absolute Gasteiger partial charge is 0.335 e. The van der Waals surface area contributed by atoms with Crippen molar-refractivity contribution in [1.29, 1.82) is 0 Å². The average molecular weight is 280 g/mol. The summed E-state index contributed by atoms with van der Waals surface area (Å²) in [7, 11) is 0. The zero-order valence-corrected chi connectivity index (χ0v) is 10.4. The SMILES string of the molecule is O=C(O)c1ccc(N2CC(CO)CC2=O)c([N+](=O)[O-])c1. The van der Waals surface area contributed by atoms with E-state index in [4.69, 9.17) is 10.2 Å². The molecule has 1 aliphatic rings. The van der Waals surface area contributed by atoms with Crippen LogP contribution < -0.4 is 4.90 Å². The summed E-state index contributed by atoms with van der Waals surface area (Å²) in [4.78, 5) is 34.2. The Balaban J connectivity index is 2.44. The number of anilines is 1. The number of aliphatic hydroxyl groups excluding tert-OH is 1. The molecule has 8 heteroatoms. The number of aliphatic hydroxyl groups is 1. The third kappa shape index (κ3) is 2.45. The van der Waals surface area contributed by atoms with Gasteiger partial charge in [0.25, 0.3) is 5.69 Å². The molecule has 1 amide bonds. The number of carboxylic acid groups (broad SMARTS) is 1. The second-order valence-corrected chi connectivity index (χ2v) is 4.52. The Kier molecular flexibility index (Phi) is 3.66. The lowest BCUT2D eigenvalue weighted by atomic mass is 10.1. The van der Waals surface area contributed by atoms with Crippen molar-refractivity contribution in [3.8, 4) is 0 Å². The van der Waals surface area contributed by atoms with E-state index in [1.165, 1.54) is 17.0 Å². The Morgan fingerprint density at radius 2 is 2.20 bits per heavy atom. The largest absolute Gasteiger partial charge is 0.478 e. The maximum absolute atomic E-state index is 11.8. The summed E-state index contributed by atoms with van der Waals surface area (Å²) in [6.07, 6.45) is 0.119. The number of carboxylic acids is 1. The quantitative estimate of drug-likeness (QED) is 0.616. The topological polar surface area (TPSA) is 121 Å². The maximum atomic E-state index is 11.8. The number of nitro groups is 1. The van der Waals surface area contributed by atoms with E-state index in [9.17, 15) is 19.7 Å². The van der Waals surface area contributed by atoms with Gasteiger partial charge in [0, 0.05) is 31.6 Å². The van der Waals surface area contributed by atoms with Crippen molar-refractivity contribution in [2.24, 2.45) is 5.92 Å². The number of nitrogens with zero attached hydrogens (tertiary/aromatic N) is 2. The van der Waals surface area contributed by atoms with Crippen molar-refractivity contribution in [2.45, 2.75) is 6.42 Å². The third-order valence-corrected chi connectivity index (χ3v) is 3.17. The van der Waals surface area contributed by atoms with E-state index in [1.807, 2.05) is 0 Å². The molecular formula is C12H12N2O6. The van der Waals surface area contributed by atoms with E-state index in [-0.39, 0.29) is 42.6 Å². The van der Waals surface area contributed by atoms with Crippen LogP contribution in [0.3, 0.4) is 0 Å². The van der Waals surface area contributed by atoms with Crippen molar-refractivity contribution < 1.29 is 24.7 Å². The molecule has 1 unspecified atom stereocenters. The zero-order valence-electron chi connectivity index (χ0n) is 10.4. The molecule has 1 fully saturated rings. The summed E-state index contributed by atoms with van der Waals surface area (Å²) in [6, 6.07) is 3.39. The number of nitro benzene ring substituents is 1. The summed E-state index contributed by atoms with van der Waals surface area (Å²) in [5.74, 6) is -1.86. The summed E-state index contributed by atoms with van der Waals surface area (Å²) in [6.45, 7) is 0.00579. The first-order chi connectivity index (χ1) is 9.43. The fourth-order valence-corrected chi connectivity index (χ4v) is 2.17. The summed E-state index contributed by atoms with van der Waals surface area (Å²) < 4.78 is 0. The minimum Gasteiger partial charge on any atom is -0.478 e. The number of carbonyl (C=O) groups is 2. The predicted octanol–water partition coefficient (Wildman–Crippen LogP) is 0.638. The second kappa shape index (κ2) is 5.25. The van der Waals surface area contributed by atoms with Gasteiger partial charge in [-0.2, -0.15) is 0 Å². The average Bonchev–Trinajstić information content (AvgIpc) is 2.79. The van der Waals surface area contributed by atoms with Crippen LogP contribution in [0.5, 0.6) is 0 Å². The Bertz CT molecular complexity index is 585. The number of rotatable bonds is 4. The normalized spacial score (nSPS) is 18.4. The molecule has 0 saturated carbocycles. The molecule has 0 radical (unpaired) electrons. The summed E-state index contributed by atoms with van der Waals surface area (Å²) >= 11 is 0. The van der Waals surface area contributed by atoms with E-state index in [0.29, 0.717) is 0 Å². The summed E-state index contributed by atoms with van der Waals surface area (Å²) in [5.41, 5.74) is -0.594. The van der Waals surface area contributed by atoms with Crippen molar-refractivity contribution in [3.05, 3.63) is 33.9 Å². The van der Waals surface area contributed by atoms with Gasteiger partial charge in [-0.3, -0.25) is 14.9 Å². The molecule has 1 saturated heterocycles. The van der Waals surface area contributed by atoms with Crippen LogP contribution in [0.25, 0.3) is 0 Å². The van der Waals surface area contributed by atoms with E-state index in [2.05, 4.69) is 0 Å². The van der Waals surface area contributed by atoms with Crippen molar-refractivity contribution in [3.63, 3.8) is 0 Å². The van der Waals surface area contributed by atoms with Gasteiger partial charge >= 0.3 is 5.97 Å². The molecule has 1 atom stereocenters. The molecule has 2 rings (SSSR count). The van der Waals surface area contributed by atoms with Crippen LogP contribution in [0.2, 0.25) is 0 Å². The Morgan fingerprint density at radius 3 is 2.70 bits per heavy atom. The standard InChI is InChI=1S/C12H12N2O6/c15-6-7-3-11(16)13(5-7)9-2-1-8(12(17)18)4-10(9)14(19)20/h1-2,4,7,15H,3,5-6H2,(H,17,18). The molecule has 0 aliphatic carbocycles. The Hall–Kier alpha value is -2.48. The molecule has 1 aliphatic heterocycles. The van der Waals surface area contributed by atoms with E-state index < -0.39 is 16.6 Å². The Morgan fingerprint density at radius 1 is 1.50 bits per heavy atom. The molecule has 2 N–H and O–H groups in total. The first-order valence-electron chi connectivity index (χ1n) is 5.87. The van der Waals surface area contributed by atoms with Crippen LogP contribution >= 0.6 is 0 Å². The van der Waals surface area contributed by atoms with Gasteiger partial charge in [0.05, 0.1) is 10.5 Å². The number of benzene rings is 1. The van der Waals surface area contributed by atoms with Gasteiger partial charge < -0.3 is 15.1 Å². The molecule has 106 valence electrons. The van der Waals surface area contributed by atoms with E-state index in [0.717, 1.165) is 6.07 Å². The van der Waals surface area contributed by atoms with Gasteiger partial charge in [-0.05, 0) is 12.1 Å². The molecule has 1 aromatic rings. The van der Waals surface area contributed by atoms with Crippen LogP contribution in [0, 0.1) is 16.0 Å². The molecule has 8 nitrogen and oxygen atoms in total. The number of aromatic carboxylic acids is 1. The highest BCUT2D eigenvalue weighted by Crippen LogP contribution is 2.33. The van der Waals surface area contributed by atoms with Crippen LogP contribution in [0.15, 0.2) is 18.2 Å². The minimum atomic E-state index is -1.28. The van der Waals surface area contributed by atoms with Crippen LogP contribution in [0.1, 0.15) is 16.8 Å². The van der Waals surface area contributed by atoms with Crippen LogP contribution in [-0.4, -0.2) is 40.2 Å². The molecular weight excluding hydrogens is 268 g/mol. The molecule has 1 aromatic carbocycles. The highest BCUT2D eigenvalue weighted by molar-refractivity contribution is 5.99. The fourth-order valence-electron chi connectivity index (χ4n) is 2.17. The molecule has 0 aromatic heterocycles. The fraction of sp³-hybridized carbons (Fsp3) is 0.333. The van der Waals surface area contributed by atoms with Crippen LogP contribution in [0.4, 0.5) is 11.4 Å². The third-order valence-electron chi connectivity index (χ3n) is 3.17. The van der Waals surface area contributed by atoms with Gasteiger partial charge in [-0.1, -0.05) is 0 Å². The van der Waals surface area contributed by atoms with E-state index in [1.54, 1.807) is 0 Å². The van der Waals surface area contributed by atoms with Gasteiger partial charge in [0.15, 0.2) is 0 Å². The molecule has 20 heavy (non-hydrogen) atoms. The number of amides is 1. The zero-order chi connectivity index (χ0) is 14.9. The monoisotopic (exact) mass is 280 g/mol. The first-order valence-corrected chi connectivity index (χ1v) is 5.87.